The van der Waals surface area contributed by atoms with E-state index in [0.717, 1.165) is 10.0 Å². The molecule has 0 aromatic heterocycles. The fraction of sp³-hybridized carbons (Fsp3) is 0.222. The van der Waals surface area contributed by atoms with Gasteiger partial charge < -0.3 is 14.2 Å². The lowest BCUT2D eigenvalue weighted by Crippen LogP contribution is -2.15. The van der Waals surface area contributed by atoms with Crippen LogP contribution >= 0.6 is 15.9 Å². The summed E-state index contributed by atoms with van der Waals surface area (Å²) in [7, 11) is 1.47. The lowest BCUT2D eigenvalue weighted by atomic mass is 10.1. The summed E-state index contributed by atoms with van der Waals surface area (Å²) in [5.41, 5.74) is 1.40. The third kappa shape index (κ3) is 5.09. The molecule has 5 nitrogen and oxygen atoms in total. The summed E-state index contributed by atoms with van der Waals surface area (Å²) >= 11 is 3.34. The zero-order valence-electron chi connectivity index (χ0n) is 13.4. The SMILES string of the molecule is COc1cc(C(C)=O)ccc1OCC(=O)OCc1ccc(Br)cc1. The Morgan fingerprint density at radius 2 is 1.75 bits per heavy atom. The minimum Gasteiger partial charge on any atom is -0.493 e. The average molecular weight is 393 g/mol. The van der Waals surface area contributed by atoms with E-state index >= 15 is 0 Å². The van der Waals surface area contributed by atoms with Crippen LogP contribution in [0.1, 0.15) is 22.8 Å². The van der Waals surface area contributed by atoms with Crippen molar-refractivity contribution in [2.75, 3.05) is 13.7 Å². The molecular weight excluding hydrogens is 376 g/mol. The van der Waals surface area contributed by atoms with Gasteiger partial charge in [-0.1, -0.05) is 28.1 Å². The van der Waals surface area contributed by atoms with Gasteiger partial charge in [0.2, 0.25) is 0 Å². The van der Waals surface area contributed by atoms with E-state index < -0.39 is 5.97 Å². The van der Waals surface area contributed by atoms with E-state index in [1.54, 1.807) is 18.2 Å². The molecule has 126 valence electrons. The molecule has 0 atom stereocenters. The van der Waals surface area contributed by atoms with E-state index in [4.69, 9.17) is 14.2 Å². The zero-order valence-corrected chi connectivity index (χ0v) is 15.0. The maximum Gasteiger partial charge on any atom is 0.344 e. The van der Waals surface area contributed by atoms with Crippen molar-refractivity contribution in [1.82, 2.24) is 0 Å². The first kappa shape index (κ1) is 18.0. The summed E-state index contributed by atoms with van der Waals surface area (Å²) in [5.74, 6) is 0.205. The molecule has 0 bridgehead atoms. The molecule has 0 saturated heterocycles. The normalized spacial score (nSPS) is 10.1. The quantitative estimate of drug-likeness (QED) is 0.529. The Kier molecular flexibility index (Phi) is 6.37. The molecule has 0 saturated carbocycles. The fourth-order valence-corrected chi connectivity index (χ4v) is 2.19. The van der Waals surface area contributed by atoms with Crippen molar-refractivity contribution in [3.05, 3.63) is 58.1 Å². The molecule has 0 unspecified atom stereocenters. The Labute approximate surface area is 148 Å². The van der Waals surface area contributed by atoms with Gasteiger partial charge in [-0.2, -0.15) is 0 Å². The number of carbonyl (C=O) groups is 2. The summed E-state index contributed by atoms with van der Waals surface area (Å²) in [4.78, 5) is 23.1. The number of benzene rings is 2. The Bertz CT molecular complexity index is 725. The predicted octanol–water partition coefficient (Wildman–Crippen LogP) is 3.78. The number of Topliss-reactive ketones (excluding diaryl/α,β-unsaturated/α-hetero) is 1. The first-order valence-corrected chi connectivity index (χ1v) is 8.00. The minimum atomic E-state index is -0.490. The average Bonchev–Trinajstić information content (AvgIpc) is 2.59. The first-order chi connectivity index (χ1) is 11.5. The lowest BCUT2D eigenvalue weighted by molar-refractivity contribution is -0.147. The standard InChI is InChI=1S/C18H17BrO5/c1-12(20)14-5-8-16(17(9-14)22-2)23-11-18(21)24-10-13-3-6-15(19)7-4-13/h3-9H,10-11H2,1-2H3. The number of ketones is 1. The zero-order chi connectivity index (χ0) is 17.5. The second-order valence-corrected chi connectivity index (χ2v) is 5.91. The highest BCUT2D eigenvalue weighted by Crippen LogP contribution is 2.28. The number of hydrogen-bond acceptors (Lipinski definition) is 5. The van der Waals surface area contributed by atoms with Crippen molar-refractivity contribution in [2.24, 2.45) is 0 Å². The molecule has 2 rings (SSSR count). The number of esters is 1. The van der Waals surface area contributed by atoms with Crippen LogP contribution in [0.25, 0.3) is 0 Å². The summed E-state index contributed by atoms with van der Waals surface area (Å²) in [6.45, 7) is 1.40. The Morgan fingerprint density at radius 1 is 1.04 bits per heavy atom. The van der Waals surface area contributed by atoms with Crippen LogP contribution in [0.15, 0.2) is 46.9 Å². The summed E-state index contributed by atoms with van der Waals surface area (Å²) < 4.78 is 16.7. The summed E-state index contributed by atoms with van der Waals surface area (Å²) in [6, 6.07) is 12.3. The van der Waals surface area contributed by atoms with E-state index in [-0.39, 0.29) is 19.0 Å². The third-order valence-electron chi connectivity index (χ3n) is 3.23. The van der Waals surface area contributed by atoms with Crippen LogP contribution in [0.2, 0.25) is 0 Å². The lowest BCUT2D eigenvalue weighted by Gasteiger charge is -2.11. The molecule has 2 aromatic carbocycles. The Morgan fingerprint density at radius 3 is 2.38 bits per heavy atom. The molecule has 0 aliphatic heterocycles. The molecule has 6 heteroatoms. The van der Waals surface area contributed by atoms with E-state index in [1.807, 2.05) is 24.3 Å². The van der Waals surface area contributed by atoms with Gasteiger partial charge in [0.15, 0.2) is 23.9 Å². The molecule has 0 heterocycles. The van der Waals surface area contributed by atoms with E-state index in [1.165, 1.54) is 14.0 Å². The Balaban J connectivity index is 1.89. The highest BCUT2D eigenvalue weighted by Gasteiger charge is 2.11. The number of halogens is 1. The van der Waals surface area contributed by atoms with Crippen molar-refractivity contribution >= 4 is 27.7 Å². The van der Waals surface area contributed by atoms with Gasteiger partial charge in [-0.15, -0.1) is 0 Å². The molecular formula is C18H17BrO5. The number of carbonyl (C=O) groups excluding carboxylic acids is 2. The molecule has 2 aromatic rings. The summed E-state index contributed by atoms with van der Waals surface area (Å²) in [5, 5.41) is 0. The van der Waals surface area contributed by atoms with E-state index in [0.29, 0.717) is 17.1 Å². The van der Waals surface area contributed by atoms with Crippen molar-refractivity contribution in [3.63, 3.8) is 0 Å². The van der Waals surface area contributed by atoms with Crippen LogP contribution < -0.4 is 9.47 Å². The first-order valence-electron chi connectivity index (χ1n) is 7.21. The van der Waals surface area contributed by atoms with Gasteiger partial charge in [0.25, 0.3) is 0 Å². The van der Waals surface area contributed by atoms with Gasteiger partial charge in [-0.3, -0.25) is 4.79 Å². The molecule has 0 aliphatic rings. The fourth-order valence-electron chi connectivity index (χ4n) is 1.93. The monoisotopic (exact) mass is 392 g/mol. The van der Waals surface area contributed by atoms with Crippen LogP contribution in [0.5, 0.6) is 11.5 Å². The Hall–Kier alpha value is -2.34. The van der Waals surface area contributed by atoms with Crippen LogP contribution in [0.4, 0.5) is 0 Å². The number of rotatable bonds is 7. The number of methoxy groups -OCH3 is 1. The highest BCUT2D eigenvalue weighted by molar-refractivity contribution is 9.10. The molecule has 0 radical (unpaired) electrons. The van der Waals surface area contributed by atoms with Crippen LogP contribution in [-0.2, 0) is 16.1 Å². The highest BCUT2D eigenvalue weighted by atomic mass is 79.9. The van der Waals surface area contributed by atoms with E-state index in [9.17, 15) is 9.59 Å². The molecule has 0 N–H and O–H groups in total. The molecule has 0 amide bonds. The molecule has 0 spiro atoms. The van der Waals surface area contributed by atoms with Crippen LogP contribution in [-0.4, -0.2) is 25.5 Å². The summed E-state index contributed by atoms with van der Waals surface area (Å²) in [6.07, 6.45) is 0. The van der Waals surface area contributed by atoms with Crippen LogP contribution in [0.3, 0.4) is 0 Å². The van der Waals surface area contributed by atoms with Crippen molar-refractivity contribution in [1.29, 1.82) is 0 Å². The molecule has 24 heavy (non-hydrogen) atoms. The van der Waals surface area contributed by atoms with Gasteiger partial charge >= 0.3 is 5.97 Å². The number of ether oxygens (including phenoxy) is 3. The maximum atomic E-state index is 11.8. The predicted molar refractivity (Wildman–Crippen MR) is 92.4 cm³/mol. The molecule has 0 aliphatic carbocycles. The van der Waals surface area contributed by atoms with Gasteiger partial charge in [0.1, 0.15) is 6.61 Å². The van der Waals surface area contributed by atoms with Crippen LogP contribution in [0, 0.1) is 0 Å². The van der Waals surface area contributed by atoms with E-state index in [2.05, 4.69) is 15.9 Å². The van der Waals surface area contributed by atoms with Crippen molar-refractivity contribution in [3.8, 4) is 11.5 Å². The number of hydrogen-bond donors (Lipinski definition) is 0. The largest absolute Gasteiger partial charge is 0.493 e. The van der Waals surface area contributed by atoms with Gasteiger partial charge in [0.05, 0.1) is 7.11 Å². The third-order valence-corrected chi connectivity index (χ3v) is 3.76. The smallest absolute Gasteiger partial charge is 0.344 e. The minimum absolute atomic E-state index is 0.0752. The second kappa shape index (κ2) is 8.49. The van der Waals surface area contributed by atoms with Gasteiger partial charge in [-0.25, -0.2) is 4.79 Å². The van der Waals surface area contributed by atoms with Gasteiger partial charge in [0, 0.05) is 10.0 Å². The van der Waals surface area contributed by atoms with Crippen molar-refractivity contribution in [2.45, 2.75) is 13.5 Å². The van der Waals surface area contributed by atoms with Crippen molar-refractivity contribution < 1.29 is 23.8 Å². The van der Waals surface area contributed by atoms with Gasteiger partial charge in [-0.05, 0) is 42.8 Å². The topological polar surface area (TPSA) is 61.8 Å². The molecule has 0 fully saturated rings. The maximum absolute atomic E-state index is 11.8. The second-order valence-electron chi connectivity index (χ2n) is 5.00.